The number of carbonyl (C=O) groups is 1. The number of rotatable bonds is 7. The normalized spacial score (nSPS) is 10.6. The topological polar surface area (TPSA) is 39.2 Å². The van der Waals surface area contributed by atoms with E-state index in [1.165, 1.54) is 0 Å². The van der Waals surface area contributed by atoms with Gasteiger partial charge < -0.3 is 4.74 Å². The van der Waals surface area contributed by atoms with Crippen LogP contribution in [0.25, 0.3) is 11.1 Å². The van der Waals surface area contributed by atoms with Crippen molar-refractivity contribution >= 4 is 5.78 Å². The smallest absolute Gasteiger partial charge is 0.141 e. The van der Waals surface area contributed by atoms with Gasteiger partial charge in [0.05, 0.1) is 0 Å². The summed E-state index contributed by atoms with van der Waals surface area (Å²) in [5.74, 6) is 1.64. The molecule has 0 atom stereocenters. The number of benzene rings is 3. The molecule has 0 amide bonds. The molecular weight excluding hydrogens is 370 g/mol. The van der Waals surface area contributed by atoms with Crippen molar-refractivity contribution in [2.24, 2.45) is 0 Å². The molecule has 0 fully saturated rings. The maximum atomic E-state index is 12.7. The number of nitrogens with zero attached hydrogens (tertiary/aromatic N) is 1. The molecule has 0 radical (unpaired) electrons. The fourth-order valence-corrected chi connectivity index (χ4v) is 3.41. The highest BCUT2D eigenvalue weighted by Crippen LogP contribution is 2.26. The second-order valence-electron chi connectivity index (χ2n) is 7.30. The summed E-state index contributed by atoms with van der Waals surface area (Å²) >= 11 is 0. The van der Waals surface area contributed by atoms with Gasteiger partial charge in [0.25, 0.3) is 0 Å². The average molecular weight is 393 g/mol. The molecule has 3 aromatic carbocycles. The Morgan fingerprint density at radius 2 is 1.53 bits per heavy atom. The lowest BCUT2D eigenvalue weighted by molar-refractivity contribution is -0.117. The predicted octanol–water partition coefficient (Wildman–Crippen LogP) is 6.20. The van der Waals surface area contributed by atoms with E-state index in [9.17, 15) is 4.79 Å². The summed E-state index contributed by atoms with van der Waals surface area (Å²) < 4.78 is 5.98. The maximum absolute atomic E-state index is 12.7. The van der Waals surface area contributed by atoms with Crippen LogP contribution in [-0.4, -0.2) is 10.8 Å². The van der Waals surface area contributed by atoms with Crippen LogP contribution in [0.15, 0.2) is 97.2 Å². The molecule has 0 aliphatic heterocycles. The number of ketones is 1. The Labute approximate surface area is 177 Å². The first kappa shape index (κ1) is 19.6. The molecule has 30 heavy (non-hydrogen) atoms. The van der Waals surface area contributed by atoms with Gasteiger partial charge in [0, 0.05) is 30.3 Å². The van der Waals surface area contributed by atoms with E-state index in [4.69, 9.17) is 4.74 Å². The zero-order valence-corrected chi connectivity index (χ0v) is 16.9. The van der Waals surface area contributed by atoms with Crippen LogP contribution in [0.2, 0.25) is 0 Å². The van der Waals surface area contributed by atoms with Gasteiger partial charge in [-0.2, -0.15) is 0 Å². The first-order valence-electron chi connectivity index (χ1n) is 10.0. The summed E-state index contributed by atoms with van der Waals surface area (Å²) in [6.45, 7) is 1.98. The molecule has 148 valence electrons. The number of Topliss-reactive ketones (excluding diaryl/α,β-unsaturated/α-hetero) is 1. The van der Waals surface area contributed by atoms with Gasteiger partial charge >= 0.3 is 0 Å². The molecule has 1 heterocycles. The standard InChI is InChI=1S/C27H23NO2/c1-20-17-23(15-16-28-20)22-13-11-21(12-14-22)18-25(29)19-24-7-5-6-10-27(24)30-26-8-3-2-4-9-26/h2-17H,18-19H2,1H3. The third kappa shape index (κ3) is 5.00. The molecule has 0 aliphatic rings. The van der Waals surface area contributed by atoms with Gasteiger partial charge in [-0.1, -0.05) is 60.7 Å². The Morgan fingerprint density at radius 3 is 2.30 bits per heavy atom. The van der Waals surface area contributed by atoms with Crippen molar-refractivity contribution < 1.29 is 9.53 Å². The highest BCUT2D eigenvalue weighted by molar-refractivity contribution is 5.84. The Morgan fingerprint density at radius 1 is 0.800 bits per heavy atom. The quantitative estimate of drug-likeness (QED) is 0.375. The second kappa shape index (κ2) is 9.19. The monoisotopic (exact) mass is 393 g/mol. The molecule has 1 aromatic heterocycles. The molecule has 0 N–H and O–H groups in total. The van der Waals surface area contributed by atoms with Crippen molar-refractivity contribution in [3.8, 4) is 22.6 Å². The molecule has 0 bridgehead atoms. The minimum absolute atomic E-state index is 0.159. The molecule has 3 nitrogen and oxygen atoms in total. The number of carbonyl (C=O) groups excluding carboxylic acids is 1. The Kier molecular flexibility index (Phi) is 6.00. The molecule has 0 unspecified atom stereocenters. The van der Waals surface area contributed by atoms with Crippen LogP contribution in [0, 0.1) is 6.92 Å². The lowest BCUT2D eigenvalue weighted by atomic mass is 9.99. The van der Waals surface area contributed by atoms with E-state index in [1.807, 2.05) is 85.9 Å². The minimum atomic E-state index is 0.159. The first-order chi connectivity index (χ1) is 14.7. The van der Waals surface area contributed by atoms with Crippen molar-refractivity contribution in [1.82, 2.24) is 4.98 Å². The van der Waals surface area contributed by atoms with Crippen molar-refractivity contribution in [2.45, 2.75) is 19.8 Å². The fourth-order valence-electron chi connectivity index (χ4n) is 3.41. The van der Waals surface area contributed by atoms with Gasteiger partial charge in [0.1, 0.15) is 17.3 Å². The van der Waals surface area contributed by atoms with Gasteiger partial charge in [-0.05, 0) is 53.9 Å². The Balaban J connectivity index is 1.43. The van der Waals surface area contributed by atoms with Crippen molar-refractivity contribution in [3.63, 3.8) is 0 Å². The summed E-state index contributed by atoms with van der Waals surface area (Å²) in [6.07, 6.45) is 2.56. The SMILES string of the molecule is Cc1cc(-c2ccc(CC(=O)Cc3ccccc3Oc3ccccc3)cc2)ccn1. The summed E-state index contributed by atoms with van der Waals surface area (Å²) in [5, 5.41) is 0. The summed E-state index contributed by atoms with van der Waals surface area (Å²) in [4.78, 5) is 17.0. The zero-order chi connectivity index (χ0) is 20.8. The molecule has 0 aliphatic carbocycles. The van der Waals surface area contributed by atoms with Gasteiger partial charge in [-0.3, -0.25) is 9.78 Å². The third-order valence-electron chi connectivity index (χ3n) is 4.92. The van der Waals surface area contributed by atoms with E-state index < -0.39 is 0 Å². The molecule has 0 saturated carbocycles. The van der Waals surface area contributed by atoms with Crippen LogP contribution in [0.3, 0.4) is 0 Å². The molecule has 4 rings (SSSR count). The second-order valence-corrected chi connectivity index (χ2v) is 7.30. The summed E-state index contributed by atoms with van der Waals surface area (Å²) in [6, 6.07) is 29.6. The highest BCUT2D eigenvalue weighted by atomic mass is 16.5. The number of pyridine rings is 1. The third-order valence-corrected chi connectivity index (χ3v) is 4.92. The van der Waals surface area contributed by atoms with Crippen LogP contribution >= 0.6 is 0 Å². The van der Waals surface area contributed by atoms with E-state index >= 15 is 0 Å². The molecule has 0 saturated heterocycles. The van der Waals surface area contributed by atoms with Crippen LogP contribution in [0.1, 0.15) is 16.8 Å². The number of aryl methyl sites for hydroxylation is 1. The van der Waals surface area contributed by atoms with Crippen LogP contribution in [-0.2, 0) is 17.6 Å². The van der Waals surface area contributed by atoms with E-state index in [1.54, 1.807) is 0 Å². The highest BCUT2D eigenvalue weighted by Gasteiger charge is 2.11. The molecular formula is C27H23NO2. The summed E-state index contributed by atoms with van der Waals surface area (Å²) in [7, 11) is 0. The number of hydrogen-bond donors (Lipinski definition) is 0. The molecule has 0 spiro atoms. The van der Waals surface area contributed by atoms with Gasteiger partial charge in [0.15, 0.2) is 0 Å². The van der Waals surface area contributed by atoms with Crippen LogP contribution < -0.4 is 4.74 Å². The lowest BCUT2D eigenvalue weighted by Crippen LogP contribution is -2.07. The number of aromatic nitrogens is 1. The maximum Gasteiger partial charge on any atom is 0.141 e. The van der Waals surface area contributed by atoms with Gasteiger partial charge in [0.2, 0.25) is 0 Å². The van der Waals surface area contributed by atoms with Crippen molar-refractivity contribution in [1.29, 1.82) is 0 Å². The number of para-hydroxylation sites is 2. The van der Waals surface area contributed by atoms with Crippen LogP contribution in [0.5, 0.6) is 11.5 Å². The van der Waals surface area contributed by atoms with Crippen molar-refractivity contribution in [2.75, 3.05) is 0 Å². The summed E-state index contributed by atoms with van der Waals surface area (Å²) in [5.41, 5.74) is 5.15. The molecule has 4 aromatic rings. The lowest BCUT2D eigenvalue weighted by Gasteiger charge is -2.11. The number of ether oxygens (including phenoxy) is 1. The van der Waals surface area contributed by atoms with Gasteiger partial charge in [-0.25, -0.2) is 0 Å². The van der Waals surface area contributed by atoms with Crippen LogP contribution in [0.4, 0.5) is 0 Å². The fraction of sp³-hybridized carbons (Fsp3) is 0.111. The molecule has 3 heteroatoms. The number of hydrogen-bond acceptors (Lipinski definition) is 3. The Hall–Kier alpha value is -3.72. The Bertz CT molecular complexity index is 1130. The van der Waals surface area contributed by atoms with Crippen molar-refractivity contribution in [3.05, 3.63) is 114 Å². The first-order valence-corrected chi connectivity index (χ1v) is 10.0. The minimum Gasteiger partial charge on any atom is -0.457 e. The van der Waals surface area contributed by atoms with E-state index in [-0.39, 0.29) is 5.78 Å². The van der Waals surface area contributed by atoms with E-state index in [2.05, 4.69) is 23.2 Å². The van der Waals surface area contributed by atoms with E-state index in [0.717, 1.165) is 39.4 Å². The zero-order valence-electron chi connectivity index (χ0n) is 16.9. The van der Waals surface area contributed by atoms with E-state index in [0.29, 0.717) is 12.8 Å². The average Bonchev–Trinajstić information content (AvgIpc) is 2.76. The largest absolute Gasteiger partial charge is 0.457 e. The van der Waals surface area contributed by atoms with Gasteiger partial charge in [-0.15, -0.1) is 0 Å². The predicted molar refractivity (Wildman–Crippen MR) is 120 cm³/mol.